The van der Waals surface area contributed by atoms with E-state index in [1.54, 1.807) is 4.90 Å². The smallest absolute Gasteiger partial charge is 0.226 e. The van der Waals surface area contributed by atoms with Crippen molar-refractivity contribution in [1.29, 1.82) is 0 Å². The lowest BCUT2D eigenvalue weighted by Crippen LogP contribution is -2.48. The van der Waals surface area contributed by atoms with Crippen molar-refractivity contribution in [3.63, 3.8) is 0 Å². The van der Waals surface area contributed by atoms with Crippen LogP contribution in [0.4, 0.5) is 0 Å². The maximum absolute atomic E-state index is 12.6. The standard InChI is InChI=1S/C20H32N4O5/c25-10-7-23-5-3-22(4-6-23)2-1-21-15-17-18(26)13-16(14-19(17)27)20(28)24-8-11-29-12-9-24/h15-16,21,25H,1-14H2. The number of hydrogen-bond donors (Lipinski definition) is 2. The highest BCUT2D eigenvalue weighted by Gasteiger charge is 2.36. The van der Waals surface area contributed by atoms with Gasteiger partial charge in [-0.2, -0.15) is 0 Å². The molecule has 162 valence electrons. The van der Waals surface area contributed by atoms with Gasteiger partial charge in [-0.15, -0.1) is 0 Å². The number of amides is 1. The quantitative estimate of drug-likeness (QED) is 0.297. The van der Waals surface area contributed by atoms with Crippen molar-refractivity contribution in [2.24, 2.45) is 5.92 Å². The molecule has 0 atom stereocenters. The van der Waals surface area contributed by atoms with Gasteiger partial charge in [0.15, 0.2) is 11.6 Å². The number of β-amino-alcohol motifs (C(OH)–C–C–N with tert-alkyl or cyclic N) is 1. The van der Waals surface area contributed by atoms with Crippen molar-refractivity contribution < 1.29 is 24.2 Å². The highest BCUT2D eigenvalue weighted by atomic mass is 16.5. The number of morpholine rings is 1. The maximum Gasteiger partial charge on any atom is 0.226 e. The van der Waals surface area contributed by atoms with E-state index in [2.05, 4.69) is 15.1 Å². The molecule has 0 aromatic carbocycles. The minimum Gasteiger partial charge on any atom is -0.395 e. The molecule has 1 aliphatic carbocycles. The molecule has 2 N–H and O–H groups in total. The molecule has 0 bridgehead atoms. The van der Waals surface area contributed by atoms with Crippen LogP contribution in [-0.2, 0) is 19.1 Å². The molecule has 0 aromatic rings. The van der Waals surface area contributed by atoms with Gasteiger partial charge in [0.05, 0.1) is 31.3 Å². The minimum absolute atomic E-state index is 0.0995. The molecular formula is C20H32N4O5. The van der Waals surface area contributed by atoms with Crippen molar-refractivity contribution in [3.8, 4) is 0 Å². The number of allylic oxidation sites excluding steroid dienone is 1. The Bertz CT molecular complexity index is 604. The highest BCUT2D eigenvalue weighted by molar-refractivity contribution is 6.23. The Morgan fingerprint density at radius 2 is 1.59 bits per heavy atom. The highest BCUT2D eigenvalue weighted by Crippen LogP contribution is 2.24. The third-order valence-corrected chi connectivity index (χ3v) is 5.84. The van der Waals surface area contributed by atoms with Gasteiger partial charge in [-0.05, 0) is 0 Å². The summed E-state index contributed by atoms with van der Waals surface area (Å²) in [7, 11) is 0. The molecule has 0 aromatic heterocycles. The number of carbonyl (C=O) groups excluding carboxylic acids is 3. The van der Waals surface area contributed by atoms with E-state index in [0.717, 1.165) is 39.3 Å². The third kappa shape index (κ3) is 6.08. The first-order valence-electron chi connectivity index (χ1n) is 10.5. The molecule has 1 saturated carbocycles. The van der Waals surface area contributed by atoms with Crippen LogP contribution in [0.15, 0.2) is 11.8 Å². The van der Waals surface area contributed by atoms with E-state index in [9.17, 15) is 14.4 Å². The zero-order valence-corrected chi connectivity index (χ0v) is 17.0. The van der Waals surface area contributed by atoms with Crippen LogP contribution >= 0.6 is 0 Å². The number of ether oxygens (including phenoxy) is 1. The summed E-state index contributed by atoms with van der Waals surface area (Å²) in [5.74, 6) is -1.15. The number of Topliss-reactive ketones (excluding diaryl/α,β-unsaturated/α-hetero) is 2. The van der Waals surface area contributed by atoms with E-state index < -0.39 is 5.92 Å². The number of ketones is 2. The predicted molar refractivity (Wildman–Crippen MR) is 106 cm³/mol. The van der Waals surface area contributed by atoms with Crippen molar-refractivity contribution >= 4 is 17.5 Å². The number of carbonyl (C=O) groups is 3. The molecular weight excluding hydrogens is 376 g/mol. The number of hydrogen-bond acceptors (Lipinski definition) is 8. The topological polar surface area (TPSA) is 102 Å². The lowest BCUT2D eigenvalue weighted by molar-refractivity contribution is -0.144. The molecule has 2 saturated heterocycles. The lowest BCUT2D eigenvalue weighted by atomic mass is 9.83. The summed E-state index contributed by atoms with van der Waals surface area (Å²) in [6.45, 7) is 8.23. The van der Waals surface area contributed by atoms with E-state index in [-0.39, 0.29) is 42.5 Å². The van der Waals surface area contributed by atoms with Gasteiger partial charge in [-0.3, -0.25) is 24.2 Å². The number of rotatable bonds is 7. The van der Waals surface area contributed by atoms with Crippen LogP contribution in [0.3, 0.4) is 0 Å². The summed E-state index contributed by atoms with van der Waals surface area (Å²) in [6.07, 6.45) is 1.73. The fourth-order valence-corrected chi connectivity index (χ4v) is 4.05. The van der Waals surface area contributed by atoms with Crippen molar-refractivity contribution in [2.45, 2.75) is 12.8 Å². The second-order valence-electron chi connectivity index (χ2n) is 7.81. The zero-order chi connectivity index (χ0) is 20.6. The summed E-state index contributed by atoms with van der Waals surface area (Å²) in [4.78, 5) is 43.7. The number of nitrogens with one attached hydrogen (secondary N) is 1. The second kappa shape index (κ2) is 10.8. The van der Waals surface area contributed by atoms with Gasteiger partial charge < -0.3 is 20.1 Å². The summed E-state index contributed by atoms with van der Waals surface area (Å²) in [5.41, 5.74) is 0.184. The molecule has 0 spiro atoms. The largest absolute Gasteiger partial charge is 0.395 e. The Morgan fingerprint density at radius 1 is 1.00 bits per heavy atom. The molecule has 29 heavy (non-hydrogen) atoms. The van der Waals surface area contributed by atoms with Crippen LogP contribution in [0.5, 0.6) is 0 Å². The summed E-state index contributed by atoms with van der Waals surface area (Å²) in [5, 5.41) is 12.1. The lowest BCUT2D eigenvalue weighted by Gasteiger charge is -2.34. The fraction of sp³-hybridized carbons (Fsp3) is 0.750. The van der Waals surface area contributed by atoms with E-state index >= 15 is 0 Å². The van der Waals surface area contributed by atoms with Crippen molar-refractivity contribution in [1.82, 2.24) is 20.0 Å². The van der Waals surface area contributed by atoms with Crippen molar-refractivity contribution in [2.75, 3.05) is 78.7 Å². The molecule has 3 fully saturated rings. The summed E-state index contributed by atoms with van der Waals surface area (Å²) < 4.78 is 5.25. The van der Waals surface area contributed by atoms with Gasteiger partial charge in [-0.25, -0.2) is 0 Å². The predicted octanol–water partition coefficient (Wildman–Crippen LogP) is -1.52. The molecule has 2 aliphatic heterocycles. The van der Waals surface area contributed by atoms with Gasteiger partial charge in [0.25, 0.3) is 0 Å². The fourth-order valence-electron chi connectivity index (χ4n) is 4.05. The Morgan fingerprint density at radius 3 is 2.17 bits per heavy atom. The zero-order valence-electron chi connectivity index (χ0n) is 17.0. The van der Waals surface area contributed by atoms with Crippen LogP contribution < -0.4 is 5.32 Å². The van der Waals surface area contributed by atoms with Crippen LogP contribution in [0.2, 0.25) is 0 Å². The number of aliphatic hydroxyl groups excluding tert-OH is 1. The monoisotopic (exact) mass is 408 g/mol. The summed E-state index contributed by atoms with van der Waals surface area (Å²) in [6, 6.07) is 0. The second-order valence-corrected chi connectivity index (χ2v) is 7.81. The first kappa shape index (κ1) is 21.9. The van der Waals surface area contributed by atoms with Crippen LogP contribution in [0.1, 0.15) is 12.8 Å². The Hall–Kier alpha value is -1.81. The first-order valence-corrected chi connectivity index (χ1v) is 10.5. The maximum atomic E-state index is 12.6. The average molecular weight is 408 g/mol. The van der Waals surface area contributed by atoms with Gasteiger partial charge in [0, 0.05) is 77.9 Å². The molecule has 0 unspecified atom stereocenters. The normalized spacial score (nSPS) is 24.7. The Labute approximate surface area is 171 Å². The van der Waals surface area contributed by atoms with E-state index in [1.165, 1.54) is 6.20 Å². The molecule has 3 aliphatic rings. The Kier molecular flexibility index (Phi) is 8.17. The molecule has 2 heterocycles. The van der Waals surface area contributed by atoms with Gasteiger partial charge >= 0.3 is 0 Å². The average Bonchev–Trinajstić information content (AvgIpc) is 2.74. The molecule has 9 heteroatoms. The Balaban J connectivity index is 1.41. The van der Waals surface area contributed by atoms with Crippen LogP contribution in [0, 0.1) is 5.92 Å². The van der Waals surface area contributed by atoms with E-state index in [1.807, 2.05) is 0 Å². The van der Waals surface area contributed by atoms with Crippen LogP contribution in [-0.4, -0.2) is 116 Å². The number of nitrogens with zero attached hydrogens (tertiary/aromatic N) is 3. The van der Waals surface area contributed by atoms with Crippen LogP contribution in [0.25, 0.3) is 0 Å². The van der Waals surface area contributed by atoms with E-state index in [0.29, 0.717) is 32.8 Å². The van der Waals surface area contributed by atoms with Gasteiger partial charge in [0.1, 0.15) is 0 Å². The first-order chi connectivity index (χ1) is 14.1. The third-order valence-electron chi connectivity index (χ3n) is 5.84. The number of aliphatic hydroxyl groups is 1. The minimum atomic E-state index is -0.541. The molecule has 0 radical (unpaired) electrons. The SMILES string of the molecule is O=C1CC(C(=O)N2CCOCC2)CC(=O)C1=CNCCN1CCN(CCO)CC1. The molecule has 1 amide bonds. The van der Waals surface area contributed by atoms with Gasteiger partial charge in [0.2, 0.25) is 5.91 Å². The van der Waals surface area contributed by atoms with Crippen molar-refractivity contribution in [3.05, 3.63) is 11.8 Å². The van der Waals surface area contributed by atoms with Gasteiger partial charge in [-0.1, -0.05) is 0 Å². The molecule has 9 nitrogen and oxygen atoms in total. The summed E-state index contributed by atoms with van der Waals surface area (Å²) >= 11 is 0. The van der Waals surface area contributed by atoms with E-state index in [4.69, 9.17) is 9.84 Å². The number of piperazine rings is 1. The molecule has 3 rings (SSSR count).